The van der Waals surface area contributed by atoms with Crippen molar-refractivity contribution >= 4 is 46.4 Å². The zero-order valence-electron chi connectivity index (χ0n) is 15.1. The van der Waals surface area contributed by atoms with Crippen molar-refractivity contribution in [1.29, 1.82) is 0 Å². The van der Waals surface area contributed by atoms with Crippen LogP contribution >= 0.6 is 23.2 Å². The van der Waals surface area contributed by atoms with Crippen LogP contribution in [0.15, 0.2) is 42.5 Å². The van der Waals surface area contributed by atoms with Gasteiger partial charge in [-0.2, -0.15) is 0 Å². The van der Waals surface area contributed by atoms with E-state index in [1.165, 1.54) is 0 Å². The average molecular weight is 410 g/mol. The summed E-state index contributed by atoms with van der Waals surface area (Å²) in [7, 11) is 1.58. The van der Waals surface area contributed by atoms with Crippen LogP contribution in [0.4, 0.5) is 11.4 Å². The topological polar surface area (TPSA) is 70.7 Å². The van der Waals surface area contributed by atoms with Gasteiger partial charge < -0.3 is 15.4 Å². The van der Waals surface area contributed by atoms with Gasteiger partial charge in [-0.25, -0.2) is 0 Å². The van der Waals surface area contributed by atoms with Gasteiger partial charge in [0.15, 0.2) is 0 Å². The molecule has 0 radical (unpaired) electrons. The van der Waals surface area contributed by atoms with Crippen LogP contribution in [0.25, 0.3) is 0 Å². The summed E-state index contributed by atoms with van der Waals surface area (Å²) in [6, 6.07) is 12.0. The Hall–Kier alpha value is -2.28. The number of benzene rings is 2. The lowest BCUT2D eigenvalue weighted by molar-refractivity contribution is -0.119. The number of carbonyl (C=O) groups is 2. The molecule has 0 aliphatic rings. The molecule has 2 N–H and O–H groups in total. The van der Waals surface area contributed by atoms with Gasteiger partial charge in [-0.05, 0) is 42.9 Å². The fourth-order valence-corrected chi connectivity index (χ4v) is 2.85. The third-order valence-corrected chi connectivity index (χ3v) is 4.41. The first-order valence-corrected chi connectivity index (χ1v) is 9.08. The summed E-state index contributed by atoms with van der Waals surface area (Å²) in [5, 5.41) is 6.19. The number of para-hydroxylation sites is 1. The smallest absolute Gasteiger partial charge is 0.238 e. The highest BCUT2D eigenvalue weighted by Gasteiger charge is 2.15. The highest BCUT2D eigenvalue weighted by molar-refractivity contribution is 6.39. The summed E-state index contributed by atoms with van der Waals surface area (Å²) in [6.45, 7) is 2.51. The second-order valence-corrected chi connectivity index (χ2v) is 6.54. The standard InChI is InChI=1S/C19H21Cl2N3O3/c1-3-24(11-17(25)22-13-7-9-14(27-2)10-8-13)12-18(26)23-19-15(20)5-4-6-16(19)21/h4-10H,3,11-12H2,1-2H3,(H,22,25)(H,23,26). The van der Waals surface area contributed by atoms with Crippen molar-refractivity contribution in [1.82, 2.24) is 4.90 Å². The van der Waals surface area contributed by atoms with E-state index in [2.05, 4.69) is 10.6 Å². The predicted octanol–water partition coefficient (Wildman–Crippen LogP) is 3.90. The number of anilines is 2. The molecule has 2 rings (SSSR count). The molecule has 0 bridgehead atoms. The molecule has 144 valence electrons. The fraction of sp³-hybridized carbons (Fsp3) is 0.263. The number of ether oxygens (including phenoxy) is 1. The van der Waals surface area contributed by atoms with E-state index in [9.17, 15) is 9.59 Å². The monoisotopic (exact) mass is 409 g/mol. The third-order valence-electron chi connectivity index (χ3n) is 3.78. The van der Waals surface area contributed by atoms with E-state index in [0.29, 0.717) is 33.7 Å². The maximum absolute atomic E-state index is 12.3. The van der Waals surface area contributed by atoms with Gasteiger partial charge in [0.2, 0.25) is 11.8 Å². The lowest BCUT2D eigenvalue weighted by atomic mass is 10.3. The summed E-state index contributed by atoms with van der Waals surface area (Å²) in [5.74, 6) is 0.188. The lowest BCUT2D eigenvalue weighted by Crippen LogP contribution is -2.38. The van der Waals surface area contributed by atoms with E-state index in [1.54, 1.807) is 54.5 Å². The fourth-order valence-electron chi connectivity index (χ4n) is 2.36. The van der Waals surface area contributed by atoms with Crippen LogP contribution in [-0.4, -0.2) is 43.5 Å². The summed E-state index contributed by atoms with van der Waals surface area (Å²) >= 11 is 12.1. The Kier molecular flexibility index (Phi) is 7.91. The van der Waals surface area contributed by atoms with Crippen molar-refractivity contribution in [3.8, 4) is 5.75 Å². The van der Waals surface area contributed by atoms with E-state index in [4.69, 9.17) is 27.9 Å². The number of nitrogens with one attached hydrogen (secondary N) is 2. The minimum absolute atomic E-state index is 0.0358. The van der Waals surface area contributed by atoms with Crippen LogP contribution in [0.1, 0.15) is 6.92 Å². The molecule has 0 fully saturated rings. The first-order valence-electron chi connectivity index (χ1n) is 8.33. The van der Waals surface area contributed by atoms with Crippen molar-refractivity contribution in [2.75, 3.05) is 37.4 Å². The first-order chi connectivity index (χ1) is 12.9. The van der Waals surface area contributed by atoms with Crippen molar-refractivity contribution in [2.24, 2.45) is 0 Å². The third kappa shape index (κ3) is 6.43. The molecule has 8 heteroatoms. The summed E-state index contributed by atoms with van der Waals surface area (Å²) in [4.78, 5) is 26.2. The maximum atomic E-state index is 12.3. The molecule has 0 atom stereocenters. The van der Waals surface area contributed by atoms with Gasteiger partial charge in [0, 0.05) is 5.69 Å². The first kappa shape index (κ1) is 21.0. The quantitative estimate of drug-likeness (QED) is 0.693. The Morgan fingerprint density at radius 1 is 0.963 bits per heavy atom. The van der Waals surface area contributed by atoms with Crippen molar-refractivity contribution < 1.29 is 14.3 Å². The molecule has 6 nitrogen and oxygen atoms in total. The molecular formula is C19H21Cl2N3O3. The Bertz CT molecular complexity index is 777. The average Bonchev–Trinajstić information content (AvgIpc) is 2.65. The molecule has 0 aliphatic carbocycles. The molecule has 0 aliphatic heterocycles. The highest BCUT2D eigenvalue weighted by atomic mass is 35.5. The second kappa shape index (κ2) is 10.2. The molecular weight excluding hydrogens is 389 g/mol. The predicted molar refractivity (Wildman–Crippen MR) is 109 cm³/mol. The van der Waals surface area contributed by atoms with E-state index in [0.717, 1.165) is 0 Å². The molecule has 0 saturated heterocycles. The molecule has 27 heavy (non-hydrogen) atoms. The Morgan fingerprint density at radius 3 is 2.04 bits per heavy atom. The molecule has 0 heterocycles. The molecule has 2 amide bonds. The summed E-state index contributed by atoms with van der Waals surface area (Å²) in [6.07, 6.45) is 0. The van der Waals surface area contributed by atoms with Gasteiger partial charge >= 0.3 is 0 Å². The summed E-state index contributed by atoms with van der Waals surface area (Å²) < 4.78 is 5.08. The van der Waals surface area contributed by atoms with E-state index in [-0.39, 0.29) is 24.9 Å². The van der Waals surface area contributed by atoms with Gasteiger partial charge in [-0.3, -0.25) is 14.5 Å². The molecule has 0 unspecified atom stereocenters. The molecule has 0 aromatic heterocycles. The number of amides is 2. The normalized spacial score (nSPS) is 10.6. The summed E-state index contributed by atoms with van der Waals surface area (Å²) in [5.41, 5.74) is 1.02. The van der Waals surface area contributed by atoms with Crippen molar-refractivity contribution in [2.45, 2.75) is 6.92 Å². The van der Waals surface area contributed by atoms with Crippen molar-refractivity contribution in [3.63, 3.8) is 0 Å². The van der Waals surface area contributed by atoms with E-state index < -0.39 is 0 Å². The Balaban J connectivity index is 1.90. The largest absolute Gasteiger partial charge is 0.497 e. The number of hydrogen-bond donors (Lipinski definition) is 2. The number of hydrogen-bond acceptors (Lipinski definition) is 4. The molecule has 2 aromatic carbocycles. The number of nitrogens with zero attached hydrogens (tertiary/aromatic N) is 1. The minimum atomic E-state index is -0.302. The number of halogens is 2. The molecule has 0 saturated carbocycles. The van der Waals surface area contributed by atoms with Crippen molar-refractivity contribution in [3.05, 3.63) is 52.5 Å². The van der Waals surface area contributed by atoms with Gasteiger partial charge in [-0.15, -0.1) is 0 Å². The van der Waals surface area contributed by atoms with Gasteiger partial charge in [0.05, 0.1) is 35.9 Å². The van der Waals surface area contributed by atoms with E-state index >= 15 is 0 Å². The Morgan fingerprint density at radius 2 is 1.52 bits per heavy atom. The van der Waals surface area contributed by atoms with Crippen LogP contribution in [0.2, 0.25) is 10.0 Å². The number of methoxy groups -OCH3 is 1. The Labute approximate surface area is 168 Å². The molecule has 2 aromatic rings. The lowest BCUT2D eigenvalue weighted by Gasteiger charge is -2.20. The van der Waals surface area contributed by atoms with Crippen LogP contribution in [0.3, 0.4) is 0 Å². The van der Waals surface area contributed by atoms with Gasteiger partial charge in [-0.1, -0.05) is 36.2 Å². The second-order valence-electron chi connectivity index (χ2n) is 5.72. The number of carbonyl (C=O) groups excluding carboxylic acids is 2. The van der Waals surface area contributed by atoms with Crippen LogP contribution < -0.4 is 15.4 Å². The van der Waals surface area contributed by atoms with Gasteiger partial charge in [0.1, 0.15) is 5.75 Å². The van der Waals surface area contributed by atoms with Gasteiger partial charge in [0.25, 0.3) is 0 Å². The van der Waals surface area contributed by atoms with E-state index in [1.807, 2.05) is 6.92 Å². The SMILES string of the molecule is CCN(CC(=O)Nc1ccc(OC)cc1)CC(=O)Nc1c(Cl)cccc1Cl. The minimum Gasteiger partial charge on any atom is -0.497 e. The van der Waals surface area contributed by atoms with Crippen LogP contribution in [-0.2, 0) is 9.59 Å². The number of rotatable bonds is 8. The van der Waals surface area contributed by atoms with Crippen LogP contribution in [0, 0.1) is 0 Å². The molecule has 0 spiro atoms. The zero-order valence-corrected chi connectivity index (χ0v) is 16.6. The maximum Gasteiger partial charge on any atom is 0.238 e. The highest BCUT2D eigenvalue weighted by Crippen LogP contribution is 2.29. The zero-order chi connectivity index (χ0) is 19.8. The van der Waals surface area contributed by atoms with Crippen LogP contribution in [0.5, 0.6) is 5.75 Å². The number of likely N-dealkylation sites (N-methyl/N-ethyl adjacent to an activating group) is 1.